The summed E-state index contributed by atoms with van der Waals surface area (Å²) >= 11 is 0. The van der Waals surface area contributed by atoms with Crippen molar-refractivity contribution in [3.63, 3.8) is 0 Å². The number of hydrogen-bond donors (Lipinski definition) is 1. The van der Waals surface area contributed by atoms with Gasteiger partial charge >= 0.3 is 0 Å². The van der Waals surface area contributed by atoms with Crippen LogP contribution in [-0.4, -0.2) is 20.9 Å². The van der Waals surface area contributed by atoms with Gasteiger partial charge in [-0.15, -0.1) is 0 Å². The molecule has 2 heterocycles. The van der Waals surface area contributed by atoms with Crippen molar-refractivity contribution in [2.75, 3.05) is 0 Å². The van der Waals surface area contributed by atoms with Crippen LogP contribution in [0.4, 0.5) is 0 Å². The summed E-state index contributed by atoms with van der Waals surface area (Å²) in [7, 11) is 0. The number of nitrogens with zero attached hydrogens (tertiary/aromatic N) is 3. The lowest BCUT2D eigenvalue weighted by Crippen LogP contribution is -2.23. The molecule has 1 amide bonds. The van der Waals surface area contributed by atoms with E-state index in [0.717, 1.165) is 0 Å². The highest BCUT2D eigenvalue weighted by atomic mass is 16.1. The maximum Gasteiger partial charge on any atom is 0.231 e. The summed E-state index contributed by atoms with van der Waals surface area (Å²) in [6.45, 7) is 0. The number of carbonyl (C=O) groups is 1. The number of primary amides is 1. The fraction of sp³-hybridized carbons (Fsp3) is 0.0909. The zero-order valence-corrected chi connectivity index (χ0v) is 8.45. The highest BCUT2D eigenvalue weighted by Crippen LogP contribution is 2.20. The summed E-state index contributed by atoms with van der Waals surface area (Å²) in [4.78, 5) is 23.3. The quantitative estimate of drug-likeness (QED) is 0.806. The summed E-state index contributed by atoms with van der Waals surface area (Å²) in [5.41, 5.74) is 6.61. The maximum absolute atomic E-state index is 11.4. The molecule has 1 unspecified atom stereocenters. The molecule has 2 rings (SSSR count). The molecule has 0 saturated carbocycles. The highest BCUT2D eigenvalue weighted by molar-refractivity contribution is 5.84. The first-order valence-electron chi connectivity index (χ1n) is 4.74. The van der Waals surface area contributed by atoms with Crippen molar-refractivity contribution in [2.24, 2.45) is 5.73 Å². The Kier molecular flexibility index (Phi) is 2.86. The first-order chi connectivity index (χ1) is 7.79. The monoisotopic (exact) mass is 214 g/mol. The lowest BCUT2D eigenvalue weighted by molar-refractivity contribution is -0.118. The highest BCUT2D eigenvalue weighted by Gasteiger charge is 2.21. The molecule has 2 aromatic heterocycles. The Bertz CT molecular complexity index is 432. The van der Waals surface area contributed by atoms with E-state index in [1.165, 1.54) is 6.33 Å². The number of nitrogens with two attached hydrogens (primary N) is 1. The molecule has 0 aromatic carbocycles. The smallest absolute Gasteiger partial charge is 0.231 e. The Morgan fingerprint density at radius 3 is 2.56 bits per heavy atom. The van der Waals surface area contributed by atoms with Crippen molar-refractivity contribution in [2.45, 2.75) is 5.92 Å². The summed E-state index contributed by atoms with van der Waals surface area (Å²) in [5.74, 6) is -1.06. The molecule has 5 nitrogen and oxygen atoms in total. The number of aromatic nitrogens is 3. The molecule has 0 aliphatic heterocycles. The predicted molar refractivity (Wildman–Crippen MR) is 57.3 cm³/mol. The fourth-order valence-corrected chi connectivity index (χ4v) is 1.49. The van der Waals surface area contributed by atoms with Crippen LogP contribution in [0.3, 0.4) is 0 Å². The van der Waals surface area contributed by atoms with E-state index in [0.29, 0.717) is 11.3 Å². The van der Waals surface area contributed by atoms with Crippen LogP contribution in [-0.2, 0) is 4.79 Å². The van der Waals surface area contributed by atoms with Crippen LogP contribution in [0, 0.1) is 0 Å². The van der Waals surface area contributed by atoms with Crippen LogP contribution in [0.1, 0.15) is 17.2 Å². The minimum atomic E-state index is -0.595. The van der Waals surface area contributed by atoms with Crippen LogP contribution in [0.2, 0.25) is 0 Å². The van der Waals surface area contributed by atoms with Gasteiger partial charge in [-0.25, -0.2) is 9.97 Å². The van der Waals surface area contributed by atoms with E-state index in [1.807, 2.05) is 6.07 Å². The molecule has 2 aromatic rings. The Balaban J connectivity index is 2.44. The van der Waals surface area contributed by atoms with Gasteiger partial charge in [-0.2, -0.15) is 0 Å². The largest absolute Gasteiger partial charge is 0.369 e. The maximum atomic E-state index is 11.4. The molecule has 0 spiro atoms. The van der Waals surface area contributed by atoms with Crippen LogP contribution in [0.15, 0.2) is 43.1 Å². The van der Waals surface area contributed by atoms with E-state index in [-0.39, 0.29) is 0 Å². The molecule has 16 heavy (non-hydrogen) atoms. The zero-order valence-electron chi connectivity index (χ0n) is 8.45. The summed E-state index contributed by atoms with van der Waals surface area (Å²) in [6.07, 6.45) is 6.16. The minimum absolute atomic E-state index is 0.464. The third-order valence-electron chi connectivity index (χ3n) is 2.18. The molecular weight excluding hydrogens is 204 g/mol. The molecule has 2 N–H and O–H groups in total. The molecule has 0 radical (unpaired) electrons. The first kappa shape index (κ1) is 10.2. The Hall–Kier alpha value is -2.30. The van der Waals surface area contributed by atoms with Gasteiger partial charge in [-0.05, 0) is 12.1 Å². The molecule has 80 valence electrons. The van der Waals surface area contributed by atoms with Crippen molar-refractivity contribution in [3.05, 3.63) is 54.4 Å². The third kappa shape index (κ3) is 2.03. The van der Waals surface area contributed by atoms with Crippen LogP contribution in [0.25, 0.3) is 0 Å². The minimum Gasteiger partial charge on any atom is -0.369 e. The summed E-state index contributed by atoms with van der Waals surface area (Å²) < 4.78 is 0. The van der Waals surface area contributed by atoms with Crippen molar-refractivity contribution in [1.82, 2.24) is 15.0 Å². The van der Waals surface area contributed by atoms with E-state index < -0.39 is 11.8 Å². The van der Waals surface area contributed by atoms with Crippen molar-refractivity contribution in [1.29, 1.82) is 0 Å². The molecule has 0 aliphatic carbocycles. The van der Waals surface area contributed by atoms with Crippen molar-refractivity contribution in [3.8, 4) is 0 Å². The number of carbonyl (C=O) groups excluding carboxylic acids is 1. The van der Waals surface area contributed by atoms with Crippen LogP contribution >= 0.6 is 0 Å². The van der Waals surface area contributed by atoms with Gasteiger partial charge in [0.25, 0.3) is 0 Å². The standard InChI is InChI=1S/C11H10N4O/c12-11(16)10(8-5-13-7-14-6-8)9-3-1-2-4-15-9/h1-7,10H,(H2,12,16). The molecule has 0 aliphatic rings. The number of rotatable bonds is 3. The van der Waals surface area contributed by atoms with Crippen LogP contribution < -0.4 is 5.73 Å². The van der Waals surface area contributed by atoms with Gasteiger partial charge in [0.1, 0.15) is 12.2 Å². The molecular formula is C11H10N4O. The lowest BCUT2D eigenvalue weighted by atomic mass is 9.97. The Labute approximate surface area is 92.4 Å². The normalized spacial score (nSPS) is 12.0. The van der Waals surface area contributed by atoms with Crippen LogP contribution in [0.5, 0.6) is 0 Å². The van der Waals surface area contributed by atoms with Gasteiger partial charge in [0.05, 0.1) is 5.69 Å². The van der Waals surface area contributed by atoms with Gasteiger partial charge in [-0.3, -0.25) is 9.78 Å². The SMILES string of the molecule is NC(=O)C(c1cncnc1)c1ccccn1. The second kappa shape index (κ2) is 4.48. The van der Waals surface area contributed by atoms with Gasteiger partial charge in [0, 0.05) is 24.2 Å². The van der Waals surface area contributed by atoms with Gasteiger partial charge in [-0.1, -0.05) is 6.07 Å². The Morgan fingerprint density at radius 1 is 1.25 bits per heavy atom. The van der Waals surface area contributed by atoms with Gasteiger partial charge in [0.15, 0.2) is 0 Å². The molecule has 0 fully saturated rings. The average molecular weight is 214 g/mol. The van der Waals surface area contributed by atoms with Crippen molar-refractivity contribution >= 4 is 5.91 Å². The lowest BCUT2D eigenvalue weighted by Gasteiger charge is -2.11. The second-order valence-electron chi connectivity index (χ2n) is 3.26. The molecule has 0 saturated heterocycles. The Morgan fingerprint density at radius 2 is 2.00 bits per heavy atom. The topological polar surface area (TPSA) is 81.8 Å². The average Bonchev–Trinajstić information content (AvgIpc) is 2.31. The number of amides is 1. The molecule has 0 bridgehead atoms. The predicted octanol–water partition coefficient (Wildman–Crippen LogP) is 0.489. The van der Waals surface area contributed by atoms with Gasteiger partial charge in [0.2, 0.25) is 5.91 Å². The second-order valence-corrected chi connectivity index (χ2v) is 3.26. The van der Waals surface area contributed by atoms with E-state index in [1.54, 1.807) is 30.7 Å². The number of hydrogen-bond acceptors (Lipinski definition) is 4. The molecule has 5 heteroatoms. The zero-order chi connectivity index (χ0) is 11.4. The van der Waals surface area contributed by atoms with Crippen molar-refractivity contribution < 1.29 is 4.79 Å². The number of pyridine rings is 1. The van der Waals surface area contributed by atoms with Gasteiger partial charge < -0.3 is 5.73 Å². The fourth-order valence-electron chi connectivity index (χ4n) is 1.49. The summed E-state index contributed by atoms with van der Waals surface area (Å²) in [5, 5.41) is 0. The summed E-state index contributed by atoms with van der Waals surface area (Å²) in [6, 6.07) is 5.34. The van der Waals surface area contributed by atoms with E-state index in [2.05, 4.69) is 15.0 Å². The third-order valence-corrected chi connectivity index (χ3v) is 2.18. The van der Waals surface area contributed by atoms with E-state index in [9.17, 15) is 4.79 Å². The first-order valence-corrected chi connectivity index (χ1v) is 4.74. The molecule has 1 atom stereocenters. The van der Waals surface area contributed by atoms with E-state index in [4.69, 9.17) is 5.73 Å². The van der Waals surface area contributed by atoms with E-state index >= 15 is 0 Å².